The molecule has 2 aromatic carbocycles. The zero-order valence-corrected chi connectivity index (χ0v) is 24.5. The molecule has 1 aromatic heterocycles. The summed E-state index contributed by atoms with van der Waals surface area (Å²) in [6, 6.07) is 15.5. The van der Waals surface area contributed by atoms with Crippen molar-refractivity contribution in [3.63, 3.8) is 0 Å². The number of piperazine rings is 1. The fourth-order valence-corrected chi connectivity index (χ4v) is 5.69. The van der Waals surface area contributed by atoms with Crippen LogP contribution in [0, 0.1) is 0 Å². The van der Waals surface area contributed by atoms with Crippen molar-refractivity contribution in [3.05, 3.63) is 78.6 Å². The monoisotopic (exact) mass is 580 g/mol. The summed E-state index contributed by atoms with van der Waals surface area (Å²) in [6.07, 6.45) is 3.47. The van der Waals surface area contributed by atoms with E-state index in [9.17, 15) is 18.0 Å². The third kappa shape index (κ3) is 8.01. The van der Waals surface area contributed by atoms with Crippen molar-refractivity contribution in [2.45, 2.75) is 50.3 Å². The molecular formula is C29H36N6O5S. The Morgan fingerprint density at radius 2 is 1.66 bits per heavy atom. The van der Waals surface area contributed by atoms with Crippen molar-refractivity contribution < 1.29 is 22.7 Å². The first-order valence-corrected chi connectivity index (χ1v) is 14.9. The summed E-state index contributed by atoms with van der Waals surface area (Å²) in [5, 5.41) is 2.67. The first-order chi connectivity index (χ1) is 19.4. The van der Waals surface area contributed by atoms with Gasteiger partial charge in [0.05, 0.1) is 4.90 Å². The Morgan fingerprint density at radius 3 is 2.27 bits per heavy atom. The van der Waals surface area contributed by atoms with Crippen LogP contribution in [0.4, 0.5) is 11.6 Å². The summed E-state index contributed by atoms with van der Waals surface area (Å²) < 4.78 is 33.6. The van der Waals surface area contributed by atoms with Crippen LogP contribution in [0.2, 0.25) is 0 Å². The first-order valence-electron chi connectivity index (χ1n) is 13.4. The predicted octanol–water partition coefficient (Wildman–Crippen LogP) is 2.61. The van der Waals surface area contributed by atoms with Gasteiger partial charge in [-0.05, 0) is 70.2 Å². The summed E-state index contributed by atoms with van der Waals surface area (Å²) in [5.74, 6) is -0.522. The van der Waals surface area contributed by atoms with Gasteiger partial charge in [0.15, 0.2) is 0 Å². The summed E-state index contributed by atoms with van der Waals surface area (Å²) in [4.78, 5) is 38.9. The van der Waals surface area contributed by atoms with E-state index in [0.29, 0.717) is 11.5 Å². The number of nitrogens with zero attached hydrogens (tertiary/aromatic N) is 4. The molecule has 218 valence electrons. The fourth-order valence-electron chi connectivity index (χ4n) is 4.48. The lowest BCUT2D eigenvalue weighted by Gasteiger charge is -2.41. The standard InChI is InChI=1S/C29H36N6O5S/c1-21-20-34(28-30-15-8-16-31-28)17-18-35(21)23-13-11-22(12-14-23)26(36)32-19-25(27(37)40-29(2,3)4)33-41(38,39)24-9-6-5-7-10-24/h5-16,21,25,33H,17-20H2,1-4H3,(H,32,36)/t21?,25-/m0/s1. The van der Waals surface area contributed by atoms with Crippen LogP contribution in [0.5, 0.6) is 0 Å². The molecule has 0 saturated carbocycles. The van der Waals surface area contributed by atoms with Gasteiger partial charge in [-0.25, -0.2) is 18.4 Å². The van der Waals surface area contributed by atoms with Gasteiger partial charge in [-0.15, -0.1) is 0 Å². The largest absolute Gasteiger partial charge is 0.459 e. The topological polar surface area (TPSA) is 134 Å². The van der Waals surface area contributed by atoms with Gasteiger partial charge in [0.1, 0.15) is 11.6 Å². The van der Waals surface area contributed by atoms with Gasteiger partial charge in [-0.2, -0.15) is 4.72 Å². The fraction of sp³-hybridized carbons (Fsp3) is 0.379. The van der Waals surface area contributed by atoms with E-state index in [1.165, 1.54) is 12.1 Å². The Morgan fingerprint density at radius 1 is 1.00 bits per heavy atom. The van der Waals surface area contributed by atoms with Gasteiger partial charge in [0.2, 0.25) is 16.0 Å². The second-order valence-corrected chi connectivity index (χ2v) is 12.5. The van der Waals surface area contributed by atoms with Crippen LogP contribution < -0.4 is 19.8 Å². The van der Waals surface area contributed by atoms with Gasteiger partial charge in [-0.3, -0.25) is 9.59 Å². The van der Waals surface area contributed by atoms with Gasteiger partial charge in [0, 0.05) is 55.9 Å². The number of carbonyl (C=O) groups excluding carboxylic acids is 2. The number of sulfonamides is 1. The summed E-state index contributed by atoms with van der Waals surface area (Å²) in [5.41, 5.74) is 0.515. The van der Waals surface area contributed by atoms with E-state index in [0.717, 1.165) is 25.3 Å². The number of hydrogen-bond acceptors (Lipinski definition) is 9. The maximum absolute atomic E-state index is 13.0. The van der Waals surface area contributed by atoms with E-state index in [1.54, 1.807) is 69.6 Å². The molecule has 1 unspecified atom stereocenters. The minimum absolute atomic E-state index is 0.00169. The third-order valence-corrected chi connectivity index (χ3v) is 7.92. The molecule has 0 bridgehead atoms. The van der Waals surface area contributed by atoms with Gasteiger partial charge in [-0.1, -0.05) is 18.2 Å². The molecule has 0 aliphatic carbocycles. The maximum Gasteiger partial charge on any atom is 0.326 e. The van der Waals surface area contributed by atoms with Gasteiger partial charge in [0.25, 0.3) is 5.91 Å². The lowest BCUT2D eigenvalue weighted by atomic mass is 10.1. The molecule has 1 saturated heterocycles. The van der Waals surface area contributed by atoms with Crippen molar-refractivity contribution >= 4 is 33.5 Å². The molecule has 1 aliphatic heterocycles. The highest BCUT2D eigenvalue weighted by molar-refractivity contribution is 7.89. The van der Waals surface area contributed by atoms with Crippen LogP contribution in [0.25, 0.3) is 0 Å². The summed E-state index contributed by atoms with van der Waals surface area (Å²) >= 11 is 0. The molecule has 2 heterocycles. The lowest BCUT2D eigenvalue weighted by molar-refractivity contribution is -0.156. The van der Waals surface area contributed by atoms with Crippen molar-refractivity contribution in [2.75, 3.05) is 36.0 Å². The zero-order chi connectivity index (χ0) is 29.6. The van der Waals surface area contributed by atoms with E-state index in [2.05, 4.69) is 36.7 Å². The zero-order valence-electron chi connectivity index (χ0n) is 23.6. The third-order valence-electron chi connectivity index (χ3n) is 6.43. The highest BCUT2D eigenvalue weighted by Crippen LogP contribution is 2.23. The molecule has 0 radical (unpaired) electrons. The average Bonchev–Trinajstić information content (AvgIpc) is 2.95. The first kappa shape index (κ1) is 29.9. The normalized spacial score (nSPS) is 16.6. The van der Waals surface area contributed by atoms with E-state index in [1.807, 2.05) is 12.1 Å². The predicted molar refractivity (Wildman–Crippen MR) is 156 cm³/mol. The number of esters is 1. The number of anilines is 2. The van der Waals surface area contributed by atoms with Crippen LogP contribution >= 0.6 is 0 Å². The number of benzene rings is 2. The molecule has 1 aliphatic rings. The second-order valence-electron chi connectivity index (χ2n) is 10.8. The summed E-state index contributed by atoms with van der Waals surface area (Å²) in [7, 11) is -4.04. The molecule has 2 atom stereocenters. The molecule has 3 aromatic rings. The average molecular weight is 581 g/mol. The second kappa shape index (κ2) is 12.6. The highest BCUT2D eigenvalue weighted by Gasteiger charge is 2.31. The number of hydrogen-bond donors (Lipinski definition) is 2. The Hall–Kier alpha value is -4.03. The molecule has 41 heavy (non-hydrogen) atoms. The minimum Gasteiger partial charge on any atom is -0.459 e. The highest BCUT2D eigenvalue weighted by atomic mass is 32.2. The number of carbonyl (C=O) groups is 2. The number of nitrogens with one attached hydrogen (secondary N) is 2. The molecule has 12 heteroatoms. The van der Waals surface area contributed by atoms with Crippen molar-refractivity contribution in [3.8, 4) is 0 Å². The maximum atomic E-state index is 13.0. The van der Waals surface area contributed by atoms with Crippen LogP contribution in [0.3, 0.4) is 0 Å². The van der Waals surface area contributed by atoms with E-state index in [4.69, 9.17) is 4.74 Å². The number of amides is 1. The number of ether oxygens (including phenoxy) is 1. The van der Waals surface area contributed by atoms with Gasteiger partial charge >= 0.3 is 5.97 Å². The molecule has 4 rings (SSSR count). The Bertz CT molecular complexity index is 1430. The van der Waals surface area contributed by atoms with Crippen molar-refractivity contribution in [1.82, 2.24) is 20.0 Å². The Labute approximate surface area is 241 Å². The molecular weight excluding hydrogens is 544 g/mol. The van der Waals surface area contributed by atoms with Crippen molar-refractivity contribution in [2.24, 2.45) is 0 Å². The van der Waals surface area contributed by atoms with E-state index >= 15 is 0 Å². The molecule has 0 spiro atoms. The number of aromatic nitrogens is 2. The lowest BCUT2D eigenvalue weighted by Crippen LogP contribution is -2.52. The summed E-state index contributed by atoms with van der Waals surface area (Å²) in [6.45, 7) is 9.19. The van der Waals surface area contributed by atoms with E-state index in [-0.39, 0.29) is 17.5 Å². The molecule has 1 fully saturated rings. The molecule has 11 nitrogen and oxygen atoms in total. The molecule has 2 N–H and O–H groups in total. The smallest absolute Gasteiger partial charge is 0.326 e. The van der Waals surface area contributed by atoms with Crippen LogP contribution in [0.1, 0.15) is 38.1 Å². The molecule has 1 amide bonds. The van der Waals surface area contributed by atoms with Crippen LogP contribution in [-0.4, -0.2) is 74.1 Å². The van der Waals surface area contributed by atoms with Crippen LogP contribution in [-0.2, 0) is 19.6 Å². The van der Waals surface area contributed by atoms with Crippen LogP contribution in [0.15, 0.2) is 78.0 Å². The van der Waals surface area contributed by atoms with Gasteiger partial charge < -0.3 is 19.9 Å². The van der Waals surface area contributed by atoms with E-state index < -0.39 is 33.5 Å². The quantitative estimate of drug-likeness (QED) is 0.366. The SMILES string of the molecule is CC1CN(c2ncccn2)CCN1c1ccc(C(=O)NC[C@H](NS(=O)(=O)c2ccccc2)C(=O)OC(C)(C)C)cc1. The number of rotatable bonds is 9. The Balaban J connectivity index is 1.40. The Kier molecular flexibility index (Phi) is 9.24. The minimum atomic E-state index is -4.04. The van der Waals surface area contributed by atoms with Crippen molar-refractivity contribution in [1.29, 1.82) is 0 Å².